The summed E-state index contributed by atoms with van der Waals surface area (Å²) in [4.78, 5) is 2.09. The van der Waals surface area contributed by atoms with Crippen molar-refractivity contribution >= 4 is 17.3 Å². The second-order valence-corrected chi connectivity index (χ2v) is 5.02. The molecule has 0 aromatic heterocycles. The molecule has 120 valence electrons. The van der Waals surface area contributed by atoms with Crippen molar-refractivity contribution in [3.05, 3.63) is 28.8 Å². The number of aliphatic hydroxyl groups excluding tert-OH is 1. The lowest BCUT2D eigenvalue weighted by atomic mass is 10.1. The molecule has 0 bridgehead atoms. The third-order valence-electron chi connectivity index (χ3n) is 3.15. The first-order valence-corrected chi connectivity index (χ1v) is 7.44. The van der Waals surface area contributed by atoms with E-state index in [1.807, 2.05) is 18.2 Å². The average Bonchev–Trinajstić information content (AvgIpc) is 2.49. The van der Waals surface area contributed by atoms with Gasteiger partial charge in [-0.25, -0.2) is 0 Å². The van der Waals surface area contributed by atoms with Gasteiger partial charge in [0, 0.05) is 56.7 Å². The molecule has 0 saturated carbocycles. The minimum Gasteiger partial charge on any atom is -0.395 e. The lowest BCUT2D eigenvalue weighted by Crippen LogP contribution is -2.32. The lowest BCUT2D eigenvalue weighted by molar-refractivity contribution is 0.199. The number of nitrogens with zero attached hydrogens (tertiary/aromatic N) is 1. The summed E-state index contributed by atoms with van der Waals surface area (Å²) in [5, 5.41) is 13.3. The number of hydrogen-bond donors (Lipinski definition) is 2. The van der Waals surface area contributed by atoms with E-state index >= 15 is 0 Å². The number of ether oxygens (including phenoxy) is 2. The number of aliphatic hydroxyl groups is 1. The minimum atomic E-state index is 0.0901. The first kappa shape index (κ1) is 18.2. The molecular formula is C15H25ClN2O3. The molecule has 6 heteroatoms. The van der Waals surface area contributed by atoms with Crippen LogP contribution < -0.4 is 10.2 Å². The molecule has 0 amide bonds. The third kappa shape index (κ3) is 6.20. The van der Waals surface area contributed by atoms with E-state index in [1.54, 1.807) is 14.2 Å². The maximum atomic E-state index is 9.26. The lowest BCUT2D eigenvalue weighted by Gasteiger charge is -2.27. The molecule has 0 heterocycles. The quantitative estimate of drug-likeness (QED) is 0.606. The molecule has 21 heavy (non-hydrogen) atoms. The maximum absolute atomic E-state index is 9.26. The first-order valence-electron chi connectivity index (χ1n) is 7.06. The molecule has 0 atom stereocenters. The van der Waals surface area contributed by atoms with Gasteiger partial charge in [-0.3, -0.25) is 0 Å². The predicted molar refractivity (Wildman–Crippen MR) is 86.2 cm³/mol. The number of halogens is 1. The van der Waals surface area contributed by atoms with E-state index in [4.69, 9.17) is 21.1 Å². The van der Waals surface area contributed by atoms with E-state index in [2.05, 4.69) is 10.2 Å². The van der Waals surface area contributed by atoms with E-state index in [-0.39, 0.29) is 6.61 Å². The van der Waals surface area contributed by atoms with Crippen LogP contribution in [0.4, 0.5) is 5.69 Å². The van der Waals surface area contributed by atoms with Gasteiger partial charge >= 0.3 is 0 Å². The third-order valence-corrected chi connectivity index (χ3v) is 3.51. The molecule has 0 unspecified atom stereocenters. The topological polar surface area (TPSA) is 54.0 Å². The van der Waals surface area contributed by atoms with Crippen LogP contribution in [-0.4, -0.2) is 58.8 Å². The zero-order valence-corrected chi connectivity index (χ0v) is 13.5. The predicted octanol–water partition coefficient (Wildman–Crippen LogP) is 1.52. The summed E-state index contributed by atoms with van der Waals surface area (Å²) in [6.45, 7) is 4.03. The first-order chi connectivity index (χ1) is 10.2. The summed E-state index contributed by atoms with van der Waals surface area (Å²) in [5.74, 6) is 0. The molecule has 0 spiro atoms. The van der Waals surface area contributed by atoms with Crippen LogP contribution in [0, 0.1) is 0 Å². The molecular weight excluding hydrogens is 292 g/mol. The van der Waals surface area contributed by atoms with E-state index in [1.165, 1.54) is 0 Å². The maximum Gasteiger partial charge on any atom is 0.0637 e. The minimum absolute atomic E-state index is 0.0901. The van der Waals surface area contributed by atoms with Gasteiger partial charge in [-0.15, -0.1) is 0 Å². The van der Waals surface area contributed by atoms with Gasteiger partial charge in [-0.05, 0) is 12.1 Å². The Morgan fingerprint density at radius 1 is 1.19 bits per heavy atom. The van der Waals surface area contributed by atoms with Gasteiger partial charge in [0.2, 0.25) is 0 Å². The van der Waals surface area contributed by atoms with E-state index in [0.29, 0.717) is 32.8 Å². The fourth-order valence-corrected chi connectivity index (χ4v) is 2.32. The molecule has 5 nitrogen and oxygen atoms in total. The summed E-state index contributed by atoms with van der Waals surface area (Å²) < 4.78 is 10.2. The van der Waals surface area contributed by atoms with Crippen LogP contribution in [-0.2, 0) is 16.0 Å². The Morgan fingerprint density at radius 2 is 1.95 bits per heavy atom. The van der Waals surface area contributed by atoms with Crippen molar-refractivity contribution < 1.29 is 14.6 Å². The Bertz CT molecular complexity index is 405. The Balaban J connectivity index is 2.84. The van der Waals surface area contributed by atoms with Crippen LogP contribution in [0.25, 0.3) is 0 Å². The SMILES string of the molecule is COCCNCc1c(Cl)cccc1N(CCO)CCOC. The van der Waals surface area contributed by atoms with Crippen molar-refractivity contribution in [1.29, 1.82) is 0 Å². The highest BCUT2D eigenvalue weighted by Crippen LogP contribution is 2.27. The number of nitrogens with one attached hydrogen (secondary N) is 1. The zero-order chi connectivity index (χ0) is 15.5. The summed E-state index contributed by atoms with van der Waals surface area (Å²) >= 11 is 6.33. The van der Waals surface area contributed by atoms with Crippen molar-refractivity contribution in [2.45, 2.75) is 6.54 Å². The molecule has 0 aliphatic heterocycles. The number of anilines is 1. The molecule has 2 N–H and O–H groups in total. The van der Waals surface area contributed by atoms with Gasteiger partial charge in [0.1, 0.15) is 0 Å². The molecule has 1 rings (SSSR count). The van der Waals surface area contributed by atoms with Crippen LogP contribution in [0.2, 0.25) is 5.02 Å². The summed E-state index contributed by atoms with van der Waals surface area (Å²) in [5.41, 5.74) is 2.05. The molecule has 0 fully saturated rings. The summed E-state index contributed by atoms with van der Waals surface area (Å²) in [7, 11) is 3.35. The van der Waals surface area contributed by atoms with Crippen LogP contribution in [0.1, 0.15) is 5.56 Å². The summed E-state index contributed by atoms with van der Waals surface area (Å²) in [6, 6.07) is 5.82. The van der Waals surface area contributed by atoms with Crippen LogP contribution >= 0.6 is 11.6 Å². The molecule has 1 aromatic rings. The zero-order valence-electron chi connectivity index (χ0n) is 12.8. The number of methoxy groups -OCH3 is 2. The highest BCUT2D eigenvalue weighted by atomic mass is 35.5. The van der Waals surface area contributed by atoms with Crippen LogP contribution in [0.3, 0.4) is 0 Å². The van der Waals surface area contributed by atoms with Crippen LogP contribution in [0.15, 0.2) is 18.2 Å². The van der Waals surface area contributed by atoms with E-state index in [9.17, 15) is 5.11 Å². The average molecular weight is 317 g/mol. The molecule has 0 aliphatic carbocycles. The van der Waals surface area contributed by atoms with Gasteiger partial charge in [0.15, 0.2) is 0 Å². The van der Waals surface area contributed by atoms with Gasteiger partial charge < -0.3 is 24.8 Å². The number of rotatable bonds is 11. The van der Waals surface area contributed by atoms with Gasteiger partial charge in [0.05, 0.1) is 19.8 Å². The normalized spacial score (nSPS) is 10.9. The fourth-order valence-electron chi connectivity index (χ4n) is 2.08. The Kier molecular flexibility index (Phi) is 9.37. The highest BCUT2D eigenvalue weighted by molar-refractivity contribution is 6.31. The van der Waals surface area contributed by atoms with Crippen molar-refractivity contribution in [2.75, 3.05) is 58.6 Å². The standard InChI is InChI=1S/C15H25ClN2O3/c1-20-10-6-17-12-13-14(16)4-3-5-15(13)18(7-9-19)8-11-21-2/h3-5,17,19H,6-12H2,1-2H3. The van der Waals surface area contributed by atoms with Crippen molar-refractivity contribution in [3.63, 3.8) is 0 Å². The Labute approximate surface area is 131 Å². The Morgan fingerprint density at radius 3 is 2.62 bits per heavy atom. The van der Waals surface area contributed by atoms with E-state index < -0.39 is 0 Å². The fraction of sp³-hybridized carbons (Fsp3) is 0.600. The smallest absolute Gasteiger partial charge is 0.0637 e. The van der Waals surface area contributed by atoms with Crippen molar-refractivity contribution in [2.24, 2.45) is 0 Å². The van der Waals surface area contributed by atoms with Gasteiger partial charge in [0.25, 0.3) is 0 Å². The van der Waals surface area contributed by atoms with Crippen molar-refractivity contribution in [3.8, 4) is 0 Å². The second kappa shape index (κ2) is 10.8. The highest BCUT2D eigenvalue weighted by Gasteiger charge is 2.13. The molecule has 0 radical (unpaired) electrons. The van der Waals surface area contributed by atoms with Crippen molar-refractivity contribution in [1.82, 2.24) is 5.32 Å². The monoisotopic (exact) mass is 316 g/mol. The summed E-state index contributed by atoms with van der Waals surface area (Å²) in [6.07, 6.45) is 0. The second-order valence-electron chi connectivity index (χ2n) is 4.61. The van der Waals surface area contributed by atoms with Gasteiger partial charge in [-0.1, -0.05) is 17.7 Å². The molecule has 1 aromatic carbocycles. The number of hydrogen-bond acceptors (Lipinski definition) is 5. The molecule has 0 saturated heterocycles. The number of benzene rings is 1. The Hall–Kier alpha value is -0.850. The van der Waals surface area contributed by atoms with Gasteiger partial charge in [-0.2, -0.15) is 0 Å². The van der Waals surface area contributed by atoms with E-state index in [0.717, 1.165) is 22.8 Å². The largest absolute Gasteiger partial charge is 0.395 e. The van der Waals surface area contributed by atoms with Crippen LogP contribution in [0.5, 0.6) is 0 Å². The molecule has 0 aliphatic rings.